The van der Waals surface area contributed by atoms with E-state index in [0.29, 0.717) is 57.3 Å². The second-order valence-corrected chi connectivity index (χ2v) is 13.9. The molecule has 2 aromatic heterocycles. The van der Waals surface area contributed by atoms with Crippen LogP contribution in [-0.2, 0) is 19.5 Å². The number of para-hydroxylation sites is 1. The number of nitrogens with zero attached hydrogens (tertiary/aromatic N) is 8. The number of amides is 1. The van der Waals surface area contributed by atoms with Crippen LogP contribution in [0.1, 0.15) is 42.5 Å². The Morgan fingerprint density at radius 1 is 0.941 bits per heavy atom. The van der Waals surface area contributed by atoms with Gasteiger partial charge in [-0.3, -0.25) is 4.90 Å². The Balaban J connectivity index is 1.10. The monoisotopic (exact) mass is 695 g/mol. The first kappa shape index (κ1) is 33.1. The fraction of sp³-hybridized carbons (Fsp3) is 0.486. The number of ether oxygens (including phenoxy) is 3. The van der Waals surface area contributed by atoms with Gasteiger partial charge in [-0.25, -0.2) is 9.78 Å². The molecule has 14 heteroatoms. The number of hydrogen-bond acceptors (Lipinski definition) is 12. The van der Waals surface area contributed by atoms with Gasteiger partial charge >= 0.3 is 12.1 Å². The van der Waals surface area contributed by atoms with Gasteiger partial charge in [0.05, 0.1) is 44.1 Å². The lowest BCUT2D eigenvalue weighted by atomic mass is 10.0. The molecule has 4 aliphatic heterocycles. The highest BCUT2D eigenvalue weighted by Crippen LogP contribution is 2.37. The molecule has 6 heterocycles. The second kappa shape index (κ2) is 13.9. The minimum Gasteiger partial charge on any atom is -0.497 e. The molecule has 0 radical (unpaired) electrons. The number of hydrogen-bond donors (Lipinski definition) is 2. The maximum absolute atomic E-state index is 12.1. The summed E-state index contributed by atoms with van der Waals surface area (Å²) in [5.74, 6) is 3.68. The zero-order valence-electron chi connectivity index (χ0n) is 29.4. The van der Waals surface area contributed by atoms with Crippen molar-refractivity contribution in [3.05, 3.63) is 59.3 Å². The first-order valence-electron chi connectivity index (χ1n) is 17.8. The number of anilines is 3. The summed E-state index contributed by atoms with van der Waals surface area (Å²) in [6.07, 6.45) is 3.87. The van der Waals surface area contributed by atoms with E-state index >= 15 is 0 Å². The van der Waals surface area contributed by atoms with Gasteiger partial charge < -0.3 is 39.3 Å². The summed E-state index contributed by atoms with van der Waals surface area (Å²) in [5.41, 5.74) is 3.82. The van der Waals surface area contributed by atoms with Crippen molar-refractivity contribution < 1.29 is 24.1 Å². The lowest BCUT2D eigenvalue weighted by Crippen LogP contribution is -2.56. The van der Waals surface area contributed by atoms with Crippen LogP contribution >= 0.6 is 0 Å². The number of carbonyl (C=O) groups is 1. The fourth-order valence-electron chi connectivity index (χ4n) is 8.20. The van der Waals surface area contributed by atoms with E-state index in [4.69, 9.17) is 34.1 Å². The molecule has 14 nitrogen and oxygen atoms in total. The van der Waals surface area contributed by atoms with Crippen molar-refractivity contribution in [3.63, 3.8) is 0 Å². The fourth-order valence-corrected chi connectivity index (χ4v) is 8.20. The number of piperazine rings is 1. The van der Waals surface area contributed by atoms with Gasteiger partial charge in [-0.05, 0) is 70.0 Å². The standard InChI is InChI=1S/C37H45N9O5/c1-43-15-6-7-26(43)22-51-36-40-31-21-44(16-14-29(31)34(42-36)45-19-24-11-12-25(20-45)46(24)37(47)48)33-28-8-4-5-9-30(28)39-35(41-33)38-18-23-10-13-27(49-2)17-32(23)50-3/h4-5,8-10,13,17,24-26H,6-7,11-12,14-16,18-22H2,1-3H3,(H,47,48)(H,38,39,41)/t24-,25+,26?. The SMILES string of the molecule is COc1ccc(CNc2nc(N3CCc4c(nc(OCC5CCCN5C)nc4N4C[C@H]5CC[C@@H](C4)N5C(=O)O)C3)c3ccccc3n2)c(OC)c1. The van der Waals surface area contributed by atoms with Gasteiger partial charge in [0.25, 0.3) is 0 Å². The zero-order chi connectivity index (χ0) is 35.1. The van der Waals surface area contributed by atoms with Crippen LogP contribution in [0.25, 0.3) is 10.9 Å². The highest BCUT2D eigenvalue weighted by Gasteiger charge is 2.44. The third-order valence-electron chi connectivity index (χ3n) is 10.9. The molecule has 0 aliphatic carbocycles. The van der Waals surface area contributed by atoms with Crippen LogP contribution in [-0.4, -0.2) is 113 Å². The molecule has 0 saturated carbocycles. The van der Waals surface area contributed by atoms with Gasteiger partial charge in [-0.15, -0.1) is 0 Å². The van der Waals surface area contributed by atoms with Crippen LogP contribution in [0.3, 0.4) is 0 Å². The molecule has 1 unspecified atom stereocenters. The van der Waals surface area contributed by atoms with Crippen molar-refractivity contribution in [1.29, 1.82) is 0 Å². The molecule has 2 aromatic carbocycles. The molecule has 4 aliphatic rings. The van der Waals surface area contributed by atoms with Gasteiger partial charge in [-0.1, -0.05) is 12.1 Å². The number of benzene rings is 2. The molecule has 4 aromatic rings. The normalized spacial score (nSPS) is 21.5. The van der Waals surface area contributed by atoms with E-state index in [9.17, 15) is 9.90 Å². The van der Waals surface area contributed by atoms with E-state index in [0.717, 1.165) is 89.5 Å². The summed E-state index contributed by atoms with van der Waals surface area (Å²) >= 11 is 0. The number of methoxy groups -OCH3 is 2. The molecule has 51 heavy (non-hydrogen) atoms. The van der Waals surface area contributed by atoms with Gasteiger partial charge in [0.15, 0.2) is 0 Å². The lowest BCUT2D eigenvalue weighted by Gasteiger charge is -2.41. The Labute approximate surface area is 297 Å². The minimum atomic E-state index is -0.832. The van der Waals surface area contributed by atoms with Crippen LogP contribution in [0.2, 0.25) is 0 Å². The number of rotatable bonds is 10. The molecule has 1 amide bonds. The quantitative estimate of drug-likeness (QED) is 0.242. The van der Waals surface area contributed by atoms with Gasteiger partial charge in [-0.2, -0.15) is 15.0 Å². The van der Waals surface area contributed by atoms with Crippen molar-refractivity contribution in [2.45, 2.75) is 63.3 Å². The first-order chi connectivity index (χ1) is 24.9. The first-order valence-corrected chi connectivity index (χ1v) is 17.8. The number of nitrogens with one attached hydrogen (secondary N) is 1. The Morgan fingerprint density at radius 3 is 2.51 bits per heavy atom. The Kier molecular flexibility index (Phi) is 9.01. The van der Waals surface area contributed by atoms with E-state index in [2.05, 4.69) is 33.1 Å². The minimum absolute atomic E-state index is 0.0420. The van der Waals surface area contributed by atoms with Crippen LogP contribution in [0.5, 0.6) is 17.5 Å². The van der Waals surface area contributed by atoms with E-state index in [1.165, 1.54) is 0 Å². The summed E-state index contributed by atoms with van der Waals surface area (Å²) in [5, 5.41) is 14.3. The maximum atomic E-state index is 12.1. The van der Waals surface area contributed by atoms with E-state index in [1.54, 1.807) is 19.1 Å². The zero-order valence-corrected chi connectivity index (χ0v) is 29.4. The summed E-state index contributed by atoms with van der Waals surface area (Å²) in [6.45, 7) is 4.54. The number of carboxylic acid groups (broad SMARTS) is 1. The predicted octanol–water partition coefficient (Wildman–Crippen LogP) is 4.42. The van der Waals surface area contributed by atoms with Crippen LogP contribution in [0, 0.1) is 0 Å². The smallest absolute Gasteiger partial charge is 0.407 e. The molecule has 268 valence electrons. The molecule has 3 fully saturated rings. The Bertz CT molecular complexity index is 1910. The third-order valence-corrected chi connectivity index (χ3v) is 10.9. The summed E-state index contributed by atoms with van der Waals surface area (Å²) < 4.78 is 17.3. The predicted molar refractivity (Wildman–Crippen MR) is 193 cm³/mol. The van der Waals surface area contributed by atoms with E-state index < -0.39 is 6.09 Å². The van der Waals surface area contributed by atoms with E-state index in [1.807, 2.05) is 36.4 Å². The van der Waals surface area contributed by atoms with Crippen LogP contribution in [0.15, 0.2) is 42.5 Å². The summed E-state index contributed by atoms with van der Waals surface area (Å²) in [4.78, 5) is 40.6. The summed E-state index contributed by atoms with van der Waals surface area (Å²) in [7, 11) is 5.42. The Morgan fingerprint density at radius 2 is 1.76 bits per heavy atom. The van der Waals surface area contributed by atoms with Crippen molar-refractivity contribution >= 4 is 34.6 Å². The molecule has 3 saturated heterocycles. The van der Waals surface area contributed by atoms with Gasteiger partial charge in [0.2, 0.25) is 5.95 Å². The van der Waals surface area contributed by atoms with Crippen molar-refractivity contribution in [1.82, 2.24) is 29.7 Å². The van der Waals surface area contributed by atoms with Crippen molar-refractivity contribution in [3.8, 4) is 17.5 Å². The van der Waals surface area contributed by atoms with Gasteiger partial charge in [0, 0.05) is 54.8 Å². The van der Waals surface area contributed by atoms with Crippen LogP contribution in [0.4, 0.5) is 22.4 Å². The highest BCUT2D eigenvalue weighted by molar-refractivity contribution is 5.90. The number of likely N-dealkylation sites (N-methyl/N-ethyl adjacent to an activating group) is 1. The average Bonchev–Trinajstić information content (AvgIpc) is 3.69. The van der Waals surface area contributed by atoms with E-state index in [-0.39, 0.29) is 12.1 Å². The lowest BCUT2D eigenvalue weighted by molar-refractivity contribution is 0.114. The van der Waals surface area contributed by atoms with Crippen molar-refractivity contribution in [2.75, 3.05) is 69.2 Å². The third kappa shape index (κ3) is 6.48. The number of aromatic nitrogens is 4. The molecule has 2 N–H and O–H groups in total. The Hall–Kier alpha value is -5.11. The molecule has 3 atom stereocenters. The molecule has 8 rings (SSSR count). The highest BCUT2D eigenvalue weighted by atomic mass is 16.5. The molecule has 0 spiro atoms. The van der Waals surface area contributed by atoms with Gasteiger partial charge in [0.1, 0.15) is 29.7 Å². The number of fused-ring (bicyclic) bond motifs is 4. The largest absolute Gasteiger partial charge is 0.497 e. The molecular weight excluding hydrogens is 650 g/mol. The average molecular weight is 696 g/mol. The number of likely N-dealkylation sites (tertiary alicyclic amines) is 1. The maximum Gasteiger partial charge on any atom is 0.407 e. The topological polar surface area (TPSA) is 142 Å². The summed E-state index contributed by atoms with van der Waals surface area (Å²) in [6, 6.07) is 14.4. The van der Waals surface area contributed by atoms with Crippen LogP contribution < -0.4 is 29.3 Å². The molecular formula is C37H45N9O5. The van der Waals surface area contributed by atoms with Crippen molar-refractivity contribution in [2.24, 2.45) is 0 Å². The molecule has 2 bridgehead atoms. The second-order valence-electron chi connectivity index (χ2n) is 13.9.